The standard InChI is InChI=1S/C20H12O4/c1-11-6-7-15-17(8-11)24-10-12(18(15)21)9-16-19(22)13-4-2-3-5-14(13)20(16)23/h2-10H,1H3. The maximum absolute atomic E-state index is 12.6. The molecule has 0 radical (unpaired) electrons. The van der Waals surface area contributed by atoms with Crippen LogP contribution >= 0.6 is 0 Å². The molecular formula is C20H12O4. The summed E-state index contributed by atoms with van der Waals surface area (Å²) in [6.07, 6.45) is 2.62. The van der Waals surface area contributed by atoms with Crippen molar-refractivity contribution in [2.24, 2.45) is 0 Å². The Balaban J connectivity index is 1.88. The molecule has 0 atom stereocenters. The molecule has 116 valence electrons. The van der Waals surface area contributed by atoms with E-state index >= 15 is 0 Å². The smallest absolute Gasteiger partial charge is 0.199 e. The minimum atomic E-state index is -0.362. The molecule has 2 aromatic carbocycles. The minimum absolute atomic E-state index is 0.00467. The number of aryl methyl sites for hydroxylation is 1. The van der Waals surface area contributed by atoms with E-state index in [9.17, 15) is 14.4 Å². The molecule has 0 unspecified atom stereocenters. The molecule has 4 nitrogen and oxygen atoms in total. The number of carbonyl (C=O) groups is 2. The normalized spacial score (nSPS) is 13.5. The Hall–Kier alpha value is -3.27. The number of carbonyl (C=O) groups excluding carboxylic acids is 2. The second kappa shape index (κ2) is 5.13. The summed E-state index contributed by atoms with van der Waals surface area (Å²) in [7, 11) is 0. The summed E-state index contributed by atoms with van der Waals surface area (Å²) < 4.78 is 5.50. The van der Waals surface area contributed by atoms with Crippen molar-refractivity contribution < 1.29 is 14.0 Å². The average Bonchev–Trinajstić information content (AvgIpc) is 2.82. The Labute approximate surface area is 137 Å². The summed E-state index contributed by atoms with van der Waals surface area (Å²) in [5.74, 6) is -0.724. The summed E-state index contributed by atoms with van der Waals surface area (Å²) in [5.41, 5.74) is 2.12. The van der Waals surface area contributed by atoms with E-state index in [0.29, 0.717) is 22.1 Å². The summed E-state index contributed by atoms with van der Waals surface area (Å²) in [6.45, 7) is 1.91. The van der Waals surface area contributed by atoms with E-state index in [0.717, 1.165) is 5.56 Å². The van der Waals surface area contributed by atoms with Gasteiger partial charge in [-0.2, -0.15) is 0 Å². The van der Waals surface area contributed by atoms with Gasteiger partial charge in [-0.25, -0.2) is 0 Å². The molecule has 1 aliphatic rings. The van der Waals surface area contributed by atoms with Crippen molar-refractivity contribution in [3.63, 3.8) is 0 Å². The first kappa shape index (κ1) is 14.3. The highest BCUT2D eigenvalue weighted by Gasteiger charge is 2.32. The molecule has 0 saturated heterocycles. The lowest BCUT2D eigenvalue weighted by Gasteiger charge is -2.00. The largest absolute Gasteiger partial charge is 0.463 e. The van der Waals surface area contributed by atoms with Crippen molar-refractivity contribution in [1.29, 1.82) is 0 Å². The highest BCUT2D eigenvalue weighted by molar-refractivity contribution is 6.41. The quantitative estimate of drug-likeness (QED) is 0.508. The van der Waals surface area contributed by atoms with Gasteiger partial charge in [0.1, 0.15) is 11.8 Å². The van der Waals surface area contributed by atoms with Crippen LogP contribution in [0.5, 0.6) is 0 Å². The van der Waals surface area contributed by atoms with Gasteiger partial charge in [-0.1, -0.05) is 30.3 Å². The van der Waals surface area contributed by atoms with Crippen LogP contribution in [-0.4, -0.2) is 11.6 Å². The van der Waals surface area contributed by atoms with Crippen LogP contribution in [0.25, 0.3) is 17.0 Å². The van der Waals surface area contributed by atoms with Gasteiger partial charge in [0, 0.05) is 11.1 Å². The van der Waals surface area contributed by atoms with Crippen molar-refractivity contribution in [1.82, 2.24) is 0 Å². The zero-order chi connectivity index (χ0) is 16.8. The lowest BCUT2D eigenvalue weighted by Crippen LogP contribution is -2.08. The van der Waals surface area contributed by atoms with Gasteiger partial charge >= 0.3 is 0 Å². The fourth-order valence-corrected chi connectivity index (χ4v) is 2.91. The molecule has 4 heteroatoms. The molecular weight excluding hydrogens is 304 g/mol. The molecule has 0 N–H and O–H groups in total. The number of hydrogen-bond acceptors (Lipinski definition) is 4. The predicted molar refractivity (Wildman–Crippen MR) is 90.3 cm³/mol. The molecule has 0 amide bonds. The molecule has 0 aliphatic heterocycles. The van der Waals surface area contributed by atoms with Gasteiger partial charge in [-0.05, 0) is 30.7 Å². The van der Waals surface area contributed by atoms with Gasteiger partial charge in [0.25, 0.3) is 0 Å². The average molecular weight is 316 g/mol. The second-order valence-electron chi connectivity index (χ2n) is 5.78. The molecule has 0 bridgehead atoms. The third-order valence-electron chi connectivity index (χ3n) is 4.16. The first-order valence-corrected chi connectivity index (χ1v) is 7.48. The van der Waals surface area contributed by atoms with E-state index < -0.39 is 0 Å². The Morgan fingerprint density at radius 1 is 0.917 bits per heavy atom. The van der Waals surface area contributed by atoms with E-state index in [1.54, 1.807) is 36.4 Å². The summed E-state index contributed by atoms with van der Waals surface area (Å²) in [6, 6.07) is 11.9. The van der Waals surface area contributed by atoms with Crippen LogP contribution in [0.1, 0.15) is 31.8 Å². The molecule has 24 heavy (non-hydrogen) atoms. The summed E-state index contributed by atoms with van der Waals surface area (Å²) in [5, 5.41) is 0.422. The molecule has 0 fully saturated rings. The Kier molecular flexibility index (Phi) is 3.06. The fourth-order valence-electron chi connectivity index (χ4n) is 2.91. The van der Waals surface area contributed by atoms with Gasteiger partial charge < -0.3 is 4.42 Å². The van der Waals surface area contributed by atoms with Crippen LogP contribution in [0.2, 0.25) is 0 Å². The van der Waals surface area contributed by atoms with Gasteiger partial charge in [0.2, 0.25) is 0 Å². The fraction of sp³-hybridized carbons (Fsp3) is 0.0500. The molecule has 3 aromatic rings. The van der Waals surface area contributed by atoms with Crippen molar-refractivity contribution >= 4 is 28.6 Å². The highest BCUT2D eigenvalue weighted by atomic mass is 16.3. The maximum atomic E-state index is 12.6. The molecule has 1 aliphatic carbocycles. The maximum Gasteiger partial charge on any atom is 0.199 e. The number of allylic oxidation sites excluding steroid dienone is 1. The monoisotopic (exact) mass is 316 g/mol. The molecule has 1 heterocycles. The van der Waals surface area contributed by atoms with E-state index in [4.69, 9.17) is 4.42 Å². The first-order valence-electron chi connectivity index (χ1n) is 7.48. The Morgan fingerprint density at radius 2 is 1.58 bits per heavy atom. The number of rotatable bonds is 1. The third kappa shape index (κ3) is 2.04. The zero-order valence-corrected chi connectivity index (χ0v) is 12.8. The third-order valence-corrected chi connectivity index (χ3v) is 4.16. The van der Waals surface area contributed by atoms with Crippen molar-refractivity contribution in [2.45, 2.75) is 6.92 Å². The van der Waals surface area contributed by atoms with Crippen molar-refractivity contribution in [2.75, 3.05) is 0 Å². The first-order chi connectivity index (χ1) is 11.6. The minimum Gasteiger partial charge on any atom is -0.463 e. The van der Waals surface area contributed by atoms with Crippen LogP contribution in [0.3, 0.4) is 0 Å². The van der Waals surface area contributed by atoms with E-state index in [1.165, 1.54) is 12.3 Å². The van der Waals surface area contributed by atoms with Crippen LogP contribution in [0.4, 0.5) is 0 Å². The van der Waals surface area contributed by atoms with Gasteiger partial charge in [0.15, 0.2) is 17.0 Å². The van der Waals surface area contributed by atoms with Crippen LogP contribution in [-0.2, 0) is 0 Å². The predicted octanol–water partition coefficient (Wildman–Crippen LogP) is 3.56. The number of hydrogen-bond donors (Lipinski definition) is 0. The van der Waals surface area contributed by atoms with E-state index in [-0.39, 0.29) is 28.1 Å². The second-order valence-corrected chi connectivity index (χ2v) is 5.78. The van der Waals surface area contributed by atoms with E-state index in [2.05, 4.69) is 0 Å². The van der Waals surface area contributed by atoms with Crippen molar-refractivity contribution in [3.05, 3.63) is 86.8 Å². The molecule has 1 aromatic heterocycles. The molecule has 4 rings (SSSR count). The topological polar surface area (TPSA) is 64.3 Å². The summed E-state index contributed by atoms with van der Waals surface area (Å²) >= 11 is 0. The molecule has 0 saturated carbocycles. The van der Waals surface area contributed by atoms with Crippen LogP contribution < -0.4 is 5.43 Å². The Morgan fingerprint density at radius 3 is 2.25 bits per heavy atom. The van der Waals surface area contributed by atoms with Crippen LogP contribution in [0, 0.1) is 6.92 Å². The Bertz CT molecular complexity index is 1080. The summed E-state index contributed by atoms with van der Waals surface area (Å²) in [4.78, 5) is 37.4. The van der Waals surface area contributed by atoms with Gasteiger partial charge in [-0.3, -0.25) is 14.4 Å². The zero-order valence-electron chi connectivity index (χ0n) is 12.8. The van der Waals surface area contributed by atoms with Crippen LogP contribution in [0.15, 0.2) is 63.5 Å². The number of fused-ring (bicyclic) bond motifs is 2. The molecule has 0 spiro atoms. The number of ketones is 2. The lowest BCUT2D eigenvalue weighted by atomic mass is 10.1. The van der Waals surface area contributed by atoms with Gasteiger partial charge in [0.05, 0.1) is 16.5 Å². The highest BCUT2D eigenvalue weighted by Crippen LogP contribution is 2.27. The van der Waals surface area contributed by atoms with Gasteiger partial charge in [-0.15, -0.1) is 0 Å². The van der Waals surface area contributed by atoms with E-state index in [1.807, 2.05) is 13.0 Å². The number of benzene rings is 2. The van der Waals surface area contributed by atoms with Crippen molar-refractivity contribution in [3.8, 4) is 0 Å². The number of Topliss-reactive ketones (excluding diaryl/α,β-unsaturated/α-hetero) is 2. The lowest BCUT2D eigenvalue weighted by molar-refractivity contribution is 0.0990. The SMILES string of the molecule is Cc1ccc2c(=O)c(C=C3C(=O)c4ccccc4C3=O)coc2c1.